The van der Waals surface area contributed by atoms with E-state index in [-0.39, 0.29) is 11.9 Å². The van der Waals surface area contributed by atoms with Gasteiger partial charge in [-0.3, -0.25) is 4.79 Å². The average Bonchev–Trinajstić information content (AvgIpc) is 2.42. The van der Waals surface area contributed by atoms with Crippen molar-refractivity contribution in [1.29, 1.82) is 5.26 Å². The van der Waals surface area contributed by atoms with E-state index in [9.17, 15) is 4.79 Å². The number of hydrogen-bond donors (Lipinski definition) is 1. The summed E-state index contributed by atoms with van der Waals surface area (Å²) in [5.41, 5.74) is 1.09. The van der Waals surface area contributed by atoms with Crippen molar-refractivity contribution in [3.63, 3.8) is 0 Å². The van der Waals surface area contributed by atoms with Gasteiger partial charge in [0.2, 0.25) is 5.91 Å². The lowest BCUT2D eigenvalue weighted by atomic mass is 10.2. The summed E-state index contributed by atoms with van der Waals surface area (Å²) in [6, 6.07) is 9.45. The summed E-state index contributed by atoms with van der Waals surface area (Å²) < 4.78 is 5.60. The summed E-state index contributed by atoms with van der Waals surface area (Å²) >= 11 is 0. The number of nitriles is 1. The second kappa shape index (κ2) is 8.15. The molecule has 0 radical (unpaired) electrons. The summed E-state index contributed by atoms with van der Waals surface area (Å²) in [6.07, 6.45) is 1.65. The molecule has 4 heteroatoms. The first-order valence-corrected chi connectivity index (χ1v) is 6.54. The summed E-state index contributed by atoms with van der Waals surface area (Å²) in [5, 5.41) is 11.4. The zero-order valence-corrected chi connectivity index (χ0v) is 11.5. The standard InChI is InChI=1S/C15H20N2O2/c1-3-13(11-16)17-15(18)9-6-10-19-14-8-5-4-7-12(14)2/h4-5,7-8,13H,3,6,9-10H2,1-2H3,(H,17,18). The predicted molar refractivity (Wildman–Crippen MR) is 73.7 cm³/mol. The van der Waals surface area contributed by atoms with Gasteiger partial charge in [0.1, 0.15) is 11.8 Å². The minimum absolute atomic E-state index is 0.0956. The van der Waals surface area contributed by atoms with Crippen LogP contribution in [0.15, 0.2) is 24.3 Å². The molecule has 0 aliphatic heterocycles. The molecule has 1 amide bonds. The molecular formula is C15H20N2O2. The van der Waals surface area contributed by atoms with E-state index >= 15 is 0 Å². The predicted octanol–water partition coefficient (Wildman–Crippen LogP) is 2.57. The zero-order chi connectivity index (χ0) is 14.1. The molecule has 0 saturated heterocycles. The molecule has 0 heterocycles. The highest BCUT2D eigenvalue weighted by molar-refractivity contribution is 5.76. The van der Waals surface area contributed by atoms with Crippen LogP contribution in [-0.4, -0.2) is 18.6 Å². The molecule has 1 N–H and O–H groups in total. The van der Waals surface area contributed by atoms with E-state index in [4.69, 9.17) is 10.00 Å². The first-order valence-electron chi connectivity index (χ1n) is 6.54. The number of ether oxygens (including phenoxy) is 1. The number of carbonyl (C=O) groups is 1. The quantitative estimate of drug-likeness (QED) is 0.766. The molecule has 1 aromatic carbocycles. The number of hydrogen-bond acceptors (Lipinski definition) is 3. The Morgan fingerprint density at radius 1 is 1.47 bits per heavy atom. The molecule has 1 rings (SSSR count). The molecule has 0 bridgehead atoms. The van der Waals surface area contributed by atoms with Crippen LogP contribution >= 0.6 is 0 Å². The normalized spacial score (nSPS) is 11.4. The molecule has 0 aliphatic carbocycles. The SMILES string of the molecule is CCC(C#N)NC(=O)CCCOc1ccccc1C. The van der Waals surface area contributed by atoms with Gasteiger partial charge in [-0.1, -0.05) is 25.1 Å². The largest absolute Gasteiger partial charge is 0.493 e. The van der Waals surface area contributed by atoms with Crippen molar-refractivity contribution in [2.45, 2.75) is 39.2 Å². The lowest BCUT2D eigenvalue weighted by Gasteiger charge is -2.10. The van der Waals surface area contributed by atoms with Crippen molar-refractivity contribution in [1.82, 2.24) is 5.32 Å². The third-order valence-electron chi connectivity index (χ3n) is 2.80. The van der Waals surface area contributed by atoms with Gasteiger partial charge in [0, 0.05) is 6.42 Å². The van der Waals surface area contributed by atoms with E-state index in [1.54, 1.807) is 0 Å². The zero-order valence-electron chi connectivity index (χ0n) is 11.5. The molecule has 19 heavy (non-hydrogen) atoms. The lowest BCUT2D eigenvalue weighted by Crippen LogP contribution is -2.33. The number of para-hydroxylation sites is 1. The maximum Gasteiger partial charge on any atom is 0.221 e. The van der Waals surface area contributed by atoms with Crippen LogP contribution in [0.2, 0.25) is 0 Å². The molecule has 1 aromatic rings. The summed E-state index contributed by atoms with van der Waals surface area (Å²) in [4.78, 5) is 11.5. The highest BCUT2D eigenvalue weighted by Gasteiger charge is 2.08. The van der Waals surface area contributed by atoms with Gasteiger partial charge >= 0.3 is 0 Å². The Hall–Kier alpha value is -2.02. The van der Waals surface area contributed by atoms with Crippen molar-refractivity contribution >= 4 is 5.91 Å². The summed E-state index contributed by atoms with van der Waals surface area (Å²) in [6.45, 7) is 4.36. The highest BCUT2D eigenvalue weighted by atomic mass is 16.5. The maximum atomic E-state index is 11.5. The van der Waals surface area contributed by atoms with Gasteiger partial charge in [-0.05, 0) is 31.4 Å². The van der Waals surface area contributed by atoms with E-state index in [1.807, 2.05) is 44.2 Å². The van der Waals surface area contributed by atoms with Crippen LogP contribution in [-0.2, 0) is 4.79 Å². The molecular weight excluding hydrogens is 240 g/mol. The van der Waals surface area contributed by atoms with Crippen LogP contribution in [0.25, 0.3) is 0 Å². The second-order valence-electron chi connectivity index (χ2n) is 4.37. The minimum atomic E-state index is -0.384. The highest BCUT2D eigenvalue weighted by Crippen LogP contribution is 2.16. The molecule has 1 atom stereocenters. The van der Waals surface area contributed by atoms with Gasteiger partial charge < -0.3 is 10.1 Å². The van der Waals surface area contributed by atoms with E-state index in [0.717, 1.165) is 11.3 Å². The van der Waals surface area contributed by atoms with Gasteiger partial charge in [-0.2, -0.15) is 5.26 Å². The fourth-order valence-electron chi connectivity index (χ4n) is 1.63. The first kappa shape index (κ1) is 15.0. The second-order valence-corrected chi connectivity index (χ2v) is 4.37. The van der Waals surface area contributed by atoms with Crippen molar-refractivity contribution in [2.75, 3.05) is 6.61 Å². The van der Waals surface area contributed by atoms with E-state index in [1.165, 1.54) is 0 Å². The topological polar surface area (TPSA) is 62.1 Å². The molecule has 1 unspecified atom stereocenters. The van der Waals surface area contributed by atoms with Gasteiger partial charge in [-0.25, -0.2) is 0 Å². The smallest absolute Gasteiger partial charge is 0.221 e. The monoisotopic (exact) mass is 260 g/mol. The fraction of sp³-hybridized carbons (Fsp3) is 0.467. The Morgan fingerprint density at radius 2 is 2.21 bits per heavy atom. The number of rotatable bonds is 7. The molecule has 0 spiro atoms. The fourth-order valence-corrected chi connectivity index (χ4v) is 1.63. The van der Waals surface area contributed by atoms with Crippen molar-refractivity contribution in [3.05, 3.63) is 29.8 Å². The Kier molecular flexibility index (Phi) is 6.45. The van der Waals surface area contributed by atoms with E-state index in [0.29, 0.717) is 25.9 Å². The maximum absolute atomic E-state index is 11.5. The van der Waals surface area contributed by atoms with Crippen LogP contribution < -0.4 is 10.1 Å². The number of nitrogens with zero attached hydrogens (tertiary/aromatic N) is 1. The summed E-state index contributed by atoms with van der Waals surface area (Å²) in [5.74, 6) is 0.758. The van der Waals surface area contributed by atoms with Gasteiger partial charge in [0.15, 0.2) is 0 Å². The Labute approximate surface area is 114 Å². The Bertz CT molecular complexity index is 452. The Morgan fingerprint density at radius 3 is 2.84 bits per heavy atom. The number of amides is 1. The van der Waals surface area contributed by atoms with Crippen LogP contribution in [0.3, 0.4) is 0 Å². The first-order chi connectivity index (χ1) is 9.17. The van der Waals surface area contributed by atoms with Crippen LogP contribution in [0.1, 0.15) is 31.7 Å². The molecule has 102 valence electrons. The van der Waals surface area contributed by atoms with Gasteiger partial charge in [0.25, 0.3) is 0 Å². The molecule has 0 aromatic heterocycles. The van der Waals surface area contributed by atoms with Gasteiger partial charge in [0.05, 0.1) is 12.7 Å². The third kappa shape index (κ3) is 5.43. The number of carbonyl (C=O) groups excluding carboxylic acids is 1. The van der Waals surface area contributed by atoms with Crippen LogP contribution in [0, 0.1) is 18.3 Å². The number of nitrogens with one attached hydrogen (secondary N) is 1. The minimum Gasteiger partial charge on any atom is -0.493 e. The van der Waals surface area contributed by atoms with E-state index < -0.39 is 0 Å². The molecule has 4 nitrogen and oxygen atoms in total. The molecule has 0 aliphatic rings. The van der Waals surface area contributed by atoms with Crippen LogP contribution in [0.4, 0.5) is 0 Å². The third-order valence-corrected chi connectivity index (χ3v) is 2.80. The van der Waals surface area contributed by atoms with E-state index in [2.05, 4.69) is 5.32 Å². The van der Waals surface area contributed by atoms with Gasteiger partial charge in [-0.15, -0.1) is 0 Å². The van der Waals surface area contributed by atoms with Crippen LogP contribution in [0.5, 0.6) is 5.75 Å². The molecule has 0 fully saturated rings. The van der Waals surface area contributed by atoms with Crippen molar-refractivity contribution in [3.8, 4) is 11.8 Å². The van der Waals surface area contributed by atoms with Crippen molar-refractivity contribution < 1.29 is 9.53 Å². The number of aryl methyl sites for hydroxylation is 1. The summed E-state index contributed by atoms with van der Waals surface area (Å²) in [7, 11) is 0. The number of benzene rings is 1. The van der Waals surface area contributed by atoms with Crippen molar-refractivity contribution in [2.24, 2.45) is 0 Å². The Balaban J connectivity index is 2.23. The molecule has 0 saturated carbocycles. The average molecular weight is 260 g/mol. The lowest BCUT2D eigenvalue weighted by molar-refractivity contribution is -0.121.